The number of aromatic nitrogens is 1. The van der Waals surface area contributed by atoms with Crippen molar-refractivity contribution in [1.29, 1.82) is 0 Å². The van der Waals surface area contributed by atoms with Crippen LogP contribution in [-0.4, -0.2) is 56.9 Å². The van der Waals surface area contributed by atoms with Gasteiger partial charge in [0.2, 0.25) is 5.78 Å². The smallest absolute Gasteiger partial charge is 0.414 e. The second kappa shape index (κ2) is 12.6. The lowest BCUT2D eigenvalue weighted by Gasteiger charge is -2.17. The fourth-order valence-electron chi connectivity index (χ4n) is 3.71. The highest BCUT2D eigenvalue weighted by atomic mass is 16.4. The average Bonchev–Trinajstić information content (AvgIpc) is 3.21. The van der Waals surface area contributed by atoms with Gasteiger partial charge >= 0.3 is 11.9 Å². The monoisotopic (exact) mass is 452 g/mol. The zero-order chi connectivity index (χ0) is 24.4. The molecule has 0 saturated carbocycles. The number of carboxylic acids is 2. The van der Waals surface area contributed by atoms with Gasteiger partial charge in [0.25, 0.3) is 0 Å². The fourth-order valence-corrected chi connectivity index (χ4v) is 3.71. The first-order valence-electron chi connectivity index (χ1n) is 11.2. The van der Waals surface area contributed by atoms with E-state index in [-0.39, 0.29) is 5.78 Å². The molecule has 0 aliphatic rings. The standard InChI is InChI=1S/C24H30N2O.C2H2O4/c1-4-20-18-22-11-7-8-17-26(22)23(20)24(27)21-14-12-19(13-15-21)10-9-16-25(5-2)6-3;3-1(4)2(5)6/h7-8,11-15,17-18H,4-6,9-10,16H2,1-3H3;(H,3,4)(H,5,6). The van der Waals surface area contributed by atoms with Crippen LogP contribution in [0, 0.1) is 0 Å². The van der Waals surface area contributed by atoms with Crippen LogP contribution >= 0.6 is 0 Å². The number of aryl methyl sites for hydroxylation is 2. The van der Waals surface area contributed by atoms with Crippen LogP contribution in [0.2, 0.25) is 0 Å². The van der Waals surface area contributed by atoms with Gasteiger partial charge < -0.3 is 19.5 Å². The largest absolute Gasteiger partial charge is 0.473 e. The van der Waals surface area contributed by atoms with Crippen molar-refractivity contribution >= 4 is 23.2 Å². The van der Waals surface area contributed by atoms with Gasteiger partial charge in [0, 0.05) is 17.3 Å². The molecule has 0 aliphatic carbocycles. The first-order valence-corrected chi connectivity index (χ1v) is 11.2. The van der Waals surface area contributed by atoms with Gasteiger partial charge in [-0.1, -0.05) is 51.1 Å². The molecule has 2 heterocycles. The van der Waals surface area contributed by atoms with Crippen LogP contribution in [0.4, 0.5) is 0 Å². The van der Waals surface area contributed by atoms with Crippen LogP contribution in [0.3, 0.4) is 0 Å². The summed E-state index contributed by atoms with van der Waals surface area (Å²) in [6, 6.07) is 16.3. The number of carbonyl (C=O) groups is 3. The first-order chi connectivity index (χ1) is 15.8. The number of fused-ring (bicyclic) bond motifs is 1. The van der Waals surface area contributed by atoms with Crippen LogP contribution in [0.15, 0.2) is 54.7 Å². The molecule has 0 atom stereocenters. The molecule has 33 heavy (non-hydrogen) atoms. The topological polar surface area (TPSA) is 99.3 Å². The van der Waals surface area contributed by atoms with Crippen LogP contribution in [0.5, 0.6) is 0 Å². The van der Waals surface area contributed by atoms with Gasteiger partial charge in [0.1, 0.15) is 0 Å². The molecule has 1 aromatic carbocycles. The van der Waals surface area contributed by atoms with E-state index in [1.54, 1.807) is 0 Å². The minimum atomic E-state index is -1.82. The summed E-state index contributed by atoms with van der Waals surface area (Å²) in [4.78, 5) is 33.8. The SMILES string of the molecule is CCc1cc2ccccn2c1C(=O)c1ccc(CCCN(CC)CC)cc1.O=C(O)C(=O)O. The summed E-state index contributed by atoms with van der Waals surface area (Å²) in [5.41, 5.74) is 5.04. The second-order valence-electron chi connectivity index (χ2n) is 7.63. The van der Waals surface area contributed by atoms with Crippen molar-refractivity contribution in [2.24, 2.45) is 0 Å². The summed E-state index contributed by atoms with van der Waals surface area (Å²) in [7, 11) is 0. The molecule has 0 unspecified atom stereocenters. The molecule has 0 amide bonds. The molecule has 3 rings (SSSR count). The molecule has 0 radical (unpaired) electrons. The van der Waals surface area contributed by atoms with Crippen LogP contribution in [0.25, 0.3) is 5.52 Å². The minimum absolute atomic E-state index is 0.104. The Morgan fingerprint density at radius 1 is 0.909 bits per heavy atom. The zero-order valence-electron chi connectivity index (χ0n) is 19.5. The molecular weight excluding hydrogens is 420 g/mol. The molecule has 176 valence electrons. The third-order valence-corrected chi connectivity index (χ3v) is 5.59. The second-order valence-corrected chi connectivity index (χ2v) is 7.63. The lowest BCUT2D eigenvalue weighted by molar-refractivity contribution is -0.159. The van der Waals surface area contributed by atoms with E-state index in [1.165, 1.54) is 5.56 Å². The fraction of sp³-hybridized carbons (Fsp3) is 0.346. The van der Waals surface area contributed by atoms with Crippen molar-refractivity contribution < 1.29 is 24.6 Å². The number of pyridine rings is 1. The number of aliphatic carboxylic acids is 2. The Hall–Kier alpha value is -3.45. The molecule has 0 aliphatic heterocycles. The van der Waals surface area contributed by atoms with Crippen molar-refractivity contribution in [3.8, 4) is 0 Å². The van der Waals surface area contributed by atoms with E-state index in [2.05, 4.69) is 49.9 Å². The summed E-state index contributed by atoms with van der Waals surface area (Å²) in [5, 5.41) is 14.8. The highest BCUT2D eigenvalue weighted by molar-refractivity contribution is 6.27. The molecule has 0 saturated heterocycles. The molecule has 0 bridgehead atoms. The van der Waals surface area contributed by atoms with Gasteiger partial charge in [-0.05, 0) is 68.2 Å². The van der Waals surface area contributed by atoms with E-state index in [0.29, 0.717) is 0 Å². The molecule has 2 N–H and O–H groups in total. The lowest BCUT2D eigenvalue weighted by atomic mass is 10.0. The third-order valence-electron chi connectivity index (χ3n) is 5.59. The maximum atomic E-state index is 13.2. The van der Waals surface area contributed by atoms with Gasteiger partial charge in [-0.3, -0.25) is 4.79 Å². The maximum Gasteiger partial charge on any atom is 0.414 e. The predicted octanol–water partition coefficient (Wildman–Crippen LogP) is 4.16. The van der Waals surface area contributed by atoms with E-state index in [0.717, 1.165) is 61.2 Å². The van der Waals surface area contributed by atoms with Gasteiger partial charge in [0.15, 0.2) is 0 Å². The number of hydrogen-bond donors (Lipinski definition) is 2. The molecular formula is C26H32N2O5. The number of hydrogen-bond acceptors (Lipinski definition) is 4. The molecule has 7 heteroatoms. The lowest BCUT2D eigenvalue weighted by Crippen LogP contribution is -2.24. The zero-order valence-corrected chi connectivity index (χ0v) is 19.5. The molecule has 0 spiro atoms. The molecule has 2 aromatic heterocycles. The summed E-state index contributed by atoms with van der Waals surface area (Å²) in [6.45, 7) is 9.86. The van der Waals surface area contributed by atoms with Crippen LogP contribution < -0.4 is 0 Å². The van der Waals surface area contributed by atoms with Crippen molar-refractivity contribution in [3.63, 3.8) is 0 Å². The van der Waals surface area contributed by atoms with Crippen molar-refractivity contribution in [2.75, 3.05) is 19.6 Å². The van der Waals surface area contributed by atoms with E-state index < -0.39 is 11.9 Å². The summed E-state index contributed by atoms with van der Waals surface area (Å²) in [6.07, 6.45) is 5.03. The summed E-state index contributed by atoms with van der Waals surface area (Å²) < 4.78 is 2.01. The Bertz CT molecular complexity index is 1070. The number of rotatable bonds is 9. The minimum Gasteiger partial charge on any atom is -0.473 e. The molecule has 0 fully saturated rings. The number of carbonyl (C=O) groups excluding carboxylic acids is 1. The highest BCUT2D eigenvalue weighted by Gasteiger charge is 2.18. The van der Waals surface area contributed by atoms with Gasteiger partial charge in [0.05, 0.1) is 5.69 Å². The molecule has 7 nitrogen and oxygen atoms in total. The van der Waals surface area contributed by atoms with Gasteiger partial charge in [-0.2, -0.15) is 0 Å². The summed E-state index contributed by atoms with van der Waals surface area (Å²) >= 11 is 0. The van der Waals surface area contributed by atoms with Crippen molar-refractivity contribution in [1.82, 2.24) is 9.30 Å². The number of benzene rings is 1. The Labute approximate surface area is 194 Å². The van der Waals surface area contributed by atoms with Crippen LogP contribution in [-0.2, 0) is 22.4 Å². The predicted molar refractivity (Wildman–Crippen MR) is 128 cm³/mol. The van der Waals surface area contributed by atoms with E-state index in [1.807, 2.05) is 34.9 Å². The van der Waals surface area contributed by atoms with Crippen molar-refractivity contribution in [3.05, 3.63) is 77.1 Å². The Balaban J connectivity index is 0.000000569. The number of nitrogens with zero attached hydrogens (tertiary/aromatic N) is 2. The van der Waals surface area contributed by atoms with Gasteiger partial charge in [-0.15, -0.1) is 0 Å². The maximum absolute atomic E-state index is 13.2. The average molecular weight is 453 g/mol. The summed E-state index contributed by atoms with van der Waals surface area (Å²) in [5.74, 6) is -3.54. The number of carboxylic acid groups (broad SMARTS) is 2. The van der Waals surface area contributed by atoms with Crippen LogP contribution in [0.1, 0.15) is 54.4 Å². The van der Waals surface area contributed by atoms with E-state index in [9.17, 15) is 4.79 Å². The van der Waals surface area contributed by atoms with Crippen molar-refractivity contribution in [2.45, 2.75) is 40.0 Å². The Kier molecular flexibility index (Phi) is 9.82. The number of ketones is 1. The van der Waals surface area contributed by atoms with Gasteiger partial charge in [-0.25, -0.2) is 9.59 Å². The Morgan fingerprint density at radius 2 is 1.55 bits per heavy atom. The van der Waals surface area contributed by atoms with E-state index >= 15 is 0 Å². The normalized spacial score (nSPS) is 10.7. The van der Waals surface area contributed by atoms with E-state index in [4.69, 9.17) is 19.8 Å². The Morgan fingerprint density at radius 3 is 2.09 bits per heavy atom. The first kappa shape index (κ1) is 25.8. The molecule has 3 aromatic rings. The third kappa shape index (κ3) is 7.02. The quantitative estimate of drug-likeness (QED) is 0.374. The highest BCUT2D eigenvalue weighted by Crippen LogP contribution is 2.21.